The fourth-order valence-corrected chi connectivity index (χ4v) is 14.7. The van der Waals surface area contributed by atoms with E-state index >= 15 is 0 Å². The number of para-hydroxylation sites is 10. The van der Waals surface area contributed by atoms with Gasteiger partial charge >= 0.3 is 0 Å². The highest BCUT2D eigenvalue weighted by Crippen LogP contribution is 2.51. The van der Waals surface area contributed by atoms with E-state index in [9.17, 15) is 0 Å². The molecule has 0 saturated heterocycles. The SMILES string of the molecule is c1ccc(-c2nc(-c3ccc(-c4ccc5c6cc(N7c8ccccc8-c8ccccc8-n8c7nc7ccccc78)ccc6n6c7ccccc7nc6c5c4)cc3)nc(-c3cccc(-c4cccc5c4nc4n5-c5ccccc5-c5ccccc5N4c4ccccc4)c3)n2)cc1. The van der Waals surface area contributed by atoms with Crippen molar-refractivity contribution >= 4 is 95.1 Å². The molecule has 13 aromatic carbocycles. The van der Waals surface area contributed by atoms with Crippen LogP contribution in [-0.2, 0) is 0 Å². The van der Waals surface area contributed by atoms with Crippen molar-refractivity contribution in [1.82, 2.24) is 43.4 Å². The molecule has 18 aromatic rings. The predicted octanol–water partition coefficient (Wildman–Crippen LogP) is 20.9. The highest BCUT2D eigenvalue weighted by Gasteiger charge is 2.32. The van der Waals surface area contributed by atoms with Gasteiger partial charge in [-0.15, -0.1) is 0 Å². The van der Waals surface area contributed by atoms with Crippen molar-refractivity contribution in [2.75, 3.05) is 9.80 Å². The summed E-state index contributed by atoms with van der Waals surface area (Å²) in [4.78, 5) is 36.7. The van der Waals surface area contributed by atoms with E-state index in [1.165, 1.54) is 0 Å². The average molecular weight is 1210 g/mol. The molecule has 0 unspecified atom stereocenters. The number of nitrogens with zero attached hydrogens (tertiary/aromatic N) is 11. The molecule has 0 aliphatic carbocycles. The van der Waals surface area contributed by atoms with Crippen molar-refractivity contribution in [3.05, 3.63) is 309 Å². The lowest BCUT2D eigenvalue weighted by molar-refractivity contribution is 1.05. The second kappa shape index (κ2) is 20.7. The summed E-state index contributed by atoms with van der Waals surface area (Å²) in [6.07, 6.45) is 0. The van der Waals surface area contributed by atoms with E-state index < -0.39 is 0 Å². The van der Waals surface area contributed by atoms with Crippen LogP contribution in [0.25, 0.3) is 150 Å². The molecule has 20 rings (SSSR count). The third-order valence-corrected chi connectivity index (χ3v) is 19.0. The number of aromatic nitrogens is 9. The van der Waals surface area contributed by atoms with Gasteiger partial charge in [0.1, 0.15) is 5.65 Å². The largest absolute Gasteiger partial charge is 0.292 e. The summed E-state index contributed by atoms with van der Waals surface area (Å²) in [5.41, 5.74) is 25.4. The Morgan fingerprint density at radius 2 is 0.716 bits per heavy atom. The fourth-order valence-electron chi connectivity index (χ4n) is 14.7. The first-order valence-electron chi connectivity index (χ1n) is 31.9. The molecule has 0 bridgehead atoms. The lowest BCUT2D eigenvalue weighted by Crippen LogP contribution is -2.14. The van der Waals surface area contributed by atoms with E-state index in [1.807, 2.05) is 18.2 Å². The Kier molecular flexibility index (Phi) is 11.5. The van der Waals surface area contributed by atoms with Crippen molar-refractivity contribution in [3.8, 4) is 90.0 Å². The lowest BCUT2D eigenvalue weighted by atomic mass is 9.98. The first-order valence-corrected chi connectivity index (χ1v) is 31.9. The topological polar surface area (TPSA) is 98.1 Å². The second-order valence-corrected chi connectivity index (χ2v) is 24.3. The number of pyridine rings is 1. The van der Waals surface area contributed by atoms with E-state index in [1.54, 1.807) is 0 Å². The van der Waals surface area contributed by atoms with Gasteiger partial charge in [-0.1, -0.05) is 212 Å². The molecule has 11 heteroatoms. The van der Waals surface area contributed by atoms with Crippen LogP contribution >= 0.6 is 0 Å². The molecule has 0 N–H and O–H groups in total. The Morgan fingerprint density at radius 3 is 1.42 bits per heavy atom. The number of anilines is 6. The van der Waals surface area contributed by atoms with E-state index in [0.717, 1.165) is 168 Å². The van der Waals surface area contributed by atoms with E-state index in [2.05, 4.69) is 315 Å². The van der Waals surface area contributed by atoms with Gasteiger partial charge in [0, 0.05) is 66.7 Å². The smallest absolute Gasteiger partial charge is 0.220 e. The molecule has 0 atom stereocenters. The van der Waals surface area contributed by atoms with E-state index in [4.69, 9.17) is 29.9 Å². The van der Waals surface area contributed by atoms with Gasteiger partial charge in [-0.2, -0.15) is 0 Å². The van der Waals surface area contributed by atoms with Crippen LogP contribution in [-0.4, -0.2) is 43.4 Å². The quantitative estimate of drug-likeness (QED) is 0.146. The van der Waals surface area contributed by atoms with Crippen molar-refractivity contribution in [2.24, 2.45) is 0 Å². The number of imidazole rings is 3. The van der Waals surface area contributed by atoms with Gasteiger partial charge in [0.2, 0.25) is 11.9 Å². The summed E-state index contributed by atoms with van der Waals surface area (Å²) in [5.74, 6) is 3.37. The van der Waals surface area contributed by atoms with Gasteiger partial charge in [0.05, 0.1) is 61.4 Å². The highest BCUT2D eigenvalue weighted by molar-refractivity contribution is 6.16. The second-order valence-electron chi connectivity index (χ2n) is 24.3. The minimum atomic E-state index is 0.568. The van der Waals surface area contributed by atoms with E-state index in [0.29, 0.717) is 17.5 Å². The number of fused-ring (bicyclic) bond motifs is 22. The van der Waals surface area contributed by atoms with Gasteiger partial charge in [-0.25, -0.2) is 29.9 Å². The molecule has 0 spiro atoms. The normalized spacial score (nSPS) is 12.4. The zero-order chi connectivity index (χ0) is 62.2. The van der Waals surface area contributed by atoms with Gasteiger partial charge in [-0.3, -0.25) is 23.3 Å². The van der Waals surface area contributed by atoms with Crippen LogP contribution in [0.1, 0.15) is 0 Å². The molecule has 2 aliphatic rings. The molecule has 11 nitrogen and oxygen atoms in total. The van der Waals surface area contributed by atoms with Crippen molar-refractivity contribution in [3.63, 3.8) is 0 Å². The zero-order valence-electron chi connectivity index (χ0n) is 50.9. The number of hydrogen-bond donors (Lipinski definition) is 0. The Labute approximate surface area is 544 Å². The van der Waals surface area contributed by atoms with Crippen molar-refractivity contribution in [1.29, 1.82) is 0 Å². The summed E-state index contributed by atoms with van der Waals surface area (Å²) in [5, 5.41) is 3.25. The fraction of sp³-hybridized carbons (Fsp3) is 0. The van der Waals surface area contributed by atoms with Crippen LogP contribution in [0, 0.1) is 0 Å². The third kappa shape index (κ3) is 8.12. The molecule has 0 amide bonds. The van der Waals surface area contributed by atoms with Crippen LogP contribution in [0.3, 0.4) is 0 Å². The Balaban J connectivity index is 0.697. The molecule has 2 aliphatic heterocycles. The molecule has 5 aromatic heterocycles. The molecule has 7 heterocycles. The number of rotatable bonds is 7. The highest BCUT2D eigenvalue weighted by atomic mass is 15.3. The Bertz CT molecular complexity index is 6190. The molecular weight excluding hydrogens is 1160 g/mol. The van der Waals surface area contributed by atoms with Gasteiger partial charge in [0.25, 0.3) is 0 Å². The monoisotopic (exact) mass is 1210 g/mol. The van der Waals surface area contributed by atoms with Crippen molar-refractivity contribution < 1.29 is 0 Å². The third-order valence-electron chi connectivity index (χ3n) is 19.0. The minimum Gasteiger partial charge on any atom is -0.292 e. The molecule has 442 valence electrons. The van der Waals surface area contributed by atoms with Crippen LogP contribution in [0.4, 0.5) is 34.6 Å². The summed E-state index contributed by atoms with van der Waals surface area (Å²) in [7, 11) is 0. The average Bonchev–Trinajstić information content (AvgIpc) is 1.61. The Morgan fingerprint density at radius 1 is 0.232 bits per heavy atom. The molecule has 95 heavy (non-hydrogen) atoms. The zero-order valence-corrected chi connectivity index (χ0v) is 50.9. The number of hydrogen-bond acceptors (Lipinski definition) is 8. The first-order chi connectivity index (χ1) is 47.1. The Hall–Kier alpha value is -13.1. The molecular formula is C84H51N11. The first kappa shape index (κ1) is 52.6. The maximum atomic E-state index is 5.62. The lowest BCUT2D eigenvalue weighted by Gasteiger charge is -2.25. The maximum absolute atomic E-state index is 5.62. The van der Waals surface area contributed by atoms with E-state index in [-0.39, 0.29) is 0 Å². The van der Waals surface area contributed by atoms with Gasteiger partial charge < -0.3 is 0 Å². The van der Waals surface area contributed by atoms with Crippen LogP contribution in [0.2, 0.25) is 0 Å². The summed E-state index contributed by atoms with van der Waals surface area (Å²) in [6, 6.07) is 109. The summed E-state index contributed by atoms with van der Waals surface area (Å²) in [6.45, 7) is 0. The minimum absolute atomic E-state index is 0.568. The van der Waals surface area contributed by atoms with Crippen LogP contribution < -0.4 is 9.80 Å². The molecule has 0 fully saturated rings. The van der Waals surface area contributed by atoms with Crippen LogP contribution in [0.15, 0.2) is 309 Å². The van der Waals surface area contributed by atoms with Crippen molar-refractivity contribution in [2.45, 2.75) is 0 Å². The van der Waals surface area contributed by atoms with Gasteiger partial charge in [-0.05, 0) is 119 Å². The standard InChI is InChI=1S/C84H51N11/c1-3-21-53(22-4-1)79-88-80(90-81(89-79)57-24-19-23-56(49-57)60-31-20-40-77-78(60)87-84-91(58-25-5-2-6-26-58)70-34-13-7-27-62(70)65-30-10-16-37-73(65)95(77)84)54-43-41-52(42-44-54)55-45-47-61-66-51-59(46-48-74(66)93-75-38-17-11-32-68(75)85-82(93)67(61)50-55)92-71-35-14-8-28-63(71)64-29-9-15-36-72(64)94-76-39-18-12-33-69(76)86-83(92)94/h1-51H. The van der Waals surface area contributed by atoms with Crippen LogP contribution in [0.5, 0.6) is 0 Å². The number of benzene rings is 13. The summed E-state index contributed by atoms with van der Waals surface area (Å²) < 4.78 is 6.95. The summed E-state index contributed by atoms with van der Waals surface area (Å²) >= 11 is 0. The predicted molar refractivity (Wildman–Crippen MR) is 385 cm³/mol. The molecule has 0 saturated carbocycles. The maximum Gasteiger partial charge on any atom is 0.220 e. The van der Waals surface area contributed by atoms with Gasteiger partial charge in [0.15, 0.2) is 17.5 Å². The molecule has 0 radical (unpaired) electrons.